The van der Waals surface area contributed by atoms with Crippen molar-refractivity contribution in [2.75, 3.05) is 17.2 Å². The van der Waals surface area contributed by atoms with E-state index in [2.05, 4.69) is 10.6 Å². The lowest BCUT2D eigenvalue weighted by Gasteiger charge is -2.22. The fraction of sp³-hybridized carbons (Fsp3) is 0.360. The van der Waals surface area contributed by atoms with Gasteiger partial charge in [-0.05, 0) is 42.5 Å². The molecule has 7 nitrogen and oxygen atoms in total. The van der Waals surface area contributed by atoms with Crippen LogP contribution < -0.4 is 10.6 Å². The van der Waals surface area contributed by atoms with E-state index in [0.29, 0.717) is 22.9 Å². The number of Topliss-reactive ketones (excluding diaryl/α,β-unsaturated/α-hetero) is 1. The fourth-order valence-corrected chi connectivity index (χ4v) is 3.97. The van der Waals surface area contributed by atoms with Crippen LogP contribution in [0.25, 0.3) is 0 Å². The number of benzene rings is 2. The Morgan fingerprint density at radius 3 is 1.91 bits per heavy atom. The van der Waals surface area contributed by atoms with E-state index in [9.17, 15) is 19.2 Å². The maximum absolute atomic E-state index is 12.5. The third kappa shape index (κ3) is 6.51. The van der Waals surface area contributed by atoms with Gasteiger partial charge in [-0.15, -0.1) is 0 Å². The molecule has 2 aromatic carbocycles. The van der Waals surface area contributed by atoms with Crippen molar-refractivity contribution in [3.05, 3.63) is 59.2 Å². The molecule has 1 fully saturated rings. The molecule has 2 N–H and O–H groups in total. The zero-order valence-corrected chi connectivity index (χ0v) is 18.4. The van der Waals surface area contributed by atoms with Gasteiger partial charge < -0.3 is 15.4 Å². The number of anilines is 2. The van der Waals surface area contributed by atoms with E-state index >= 15 is 0 Å². The molecule has 0 aromatic heterocycles. The minimum absolute atomic E-state index is 0.112. The summed E-state index contributed by atoms with van der Waals surface area (Å²) < 4.78 is 5.20. The minimum atomic E-state index is -0.726. The molecule has 32 heavy (non-hydrogen) atoms. The van der Waals surface area contributed by atoms with E-state index in [1.165, 1.54) is 69.7 Å². The van der Waals surface area contributed by atoms with Crippen LogP contribution in [0.3, 0.4) is 0 Å². The summed E-state index contributed by atoms with van der Waals surface area (Å²) >= 11 is 0. The van der Waals surface area contributed by atoms with Gasteiger partial charge in [0.15, 0.2) is 12.4 Å². The van der Waals surface area contributed by atoms with Crippen molar-refractivity contribution in [3.8, 4) is 0 Å². The highest BCUT2D eigenvalue weighted by molar-refractivity contribution is 6.01. The van der Waals surface area contributed by atoms with Crippen molar-refractivity contribution in [3.63, 3.8) is 0 Å². The van der Waals surface area contributed by atoms with E-state index in [-0.39, 0.29) is 23.2 Å². The largest absolute Gasteiger partial charge is 0.454 e. The van der Waals surface area contributed by atoms with Crippen LogP contribution in [0.5, 0.6) is 0 Å². The zero-order valence-electron chi connectivity index (χ0n) is 18.4. The second-order valence-corrected chi connectivity index (χ2v) is 8.12. The smallest absolute Gasteiger partial charge is 0.338 e. The lowest BCUT2D eigenvalue weighted by molar-refractivity contribution is -0.115. The highest BCUT2D eigenvalue weighted by Gasteiger charge is 2.17. The van der Waals surface area contributed by atoms with Crippen molar-refractivity contribution < 1.29 is 23.9 Å². The topological polar surface area (TPSA) is 102 Å². The number of ketones is 1. The number of carbonyl (C=O) groups is 4. The molecule has 0 unspecified atom stereocenters. The maximum atomic E-state index is 12.5. The highest BCUT2D eigenvalue weighted by atomic mass is 16.5. The number of hydrogen-bond donors (Lipinski definition) is 2. The van der Waals surface area contributed by atoms with E-state index < -0.39 is 12.6 Å². The van der Waals surface area contributed by atoms with Crippen molar-refractivity contribution in [2.24, 2.45) is 0 Å². The monoisotopic (exact) mass is 436 g/mol. The van der Waals surface area contributed by atoms with Gasteiger partial charge in [0.1, 0.15) is 0 Å². The Balaban J connectivity index is 1.64. The molecule has 0 atom stereocenters. The van der Waals surface area contributed by atoms with Crippen LogP contribution in [-0.2, 0) is 14.3 Å². The molecular formula is C25H28N2O5. The number of hydrogen-bond acceptors (Lipinski definition) is 5. The van der Waals surface area contributed by atoms with Gasteiger partial charge in [-0.25, -0.2) is 4.79 Å². The van der Waals surface area contributed by atoms with Crippen molar-refractivity contribution in [1.29, 1.82) is 0 Å². The molecular weight excluding hydrogens is 408 g/mol. The van der Waals surface area contributed by atoms with Crippen molar-refractivity contribution >= 4 is 34.9 Å². The van der Waals surface area contributed by atoms with Crippen molar-refractivity contribution in [2.45, 2.75) is 51.9 Å². The molecule has 1 aliphatic carbocycles. The normalized spacial score (nSPS) is 13.8. The van der Waals surface area contributed by atoms with Gasteiger partial charge in [0.05, 0.1) is 5.56 Å². The van der Waals surface area contributed by atoms with Gasteiger partial charge in [0.25, 0.3) is 0 Å². The SMILES string of the molecule is CC(=O)Nc1cc(NC(C)=O)cc(C(=O)OCC(=O)c2ccc(C3CCCCC3)cc2)c1. The number of esters is 1. The number of nitrogens with one attached hydrogen (secondary N) is 2. The van der Waals surface area contributed by atoms with E-state index in [4.69, 9.17) is 4.74 Å². The fourth-order valence-electron chi connectivity index (χ4n) is 3.97. The van der Waals surface area contributed by atoms with E-state index in [0.717, 1.165) is 0 Å². The third-order valence-corrected chi connectivity index (χ3v) is 5.45. The van der Waals surface area contributed by atoms with Crippen molar-refractivity contribution in [1.82, 2.24) is 0 Å². The molecule has 0 radical (unpaired) electrons. The van der Waals surface area contributed by atoms with Gasteiger partial charge in [-0.2, -0.15) is 0 Å². The highest BCUT2D eigenvalue weighted by Crippen LogP contribution is 2.32. The first kappa shape index (κ1) is 23.2. The number of carbonyl (C=O) groups excluding carboxylic acids is 4. The standard InChI is InChI=1S/C25H28N2O5/c1-16(28)26-22-12-21(13-23(14-22)27-17(2)29)25(31)32-15-24(30)20-10-8-19(9-11-20)18-6-4-3-5-7-18/h8-14,18H,3-7,15H2,1-2H3,(H,26,28)(H,27,29). The third-order valence-electron chi connectivity index (χ3n) is 5.45. The second kappa shape index (κ2) is 10.7. The Morgan fingerprint density at radius 2 is 1.38 bits per heavy atom. The van der Waals surface area contributed by atoms with Crippen LogP contribution in [0.4, 0.5) is 11.4 Å². The zero-order chi connectivity index (χ0) is 23.1. The summed E-state index contributed by atoms with van der Waals surface area (Å²) in [7, 11) is 0. The van der Waals surface area contributed by atoms with Crippen LogP contribution in [0, 0.1) is 0 Å². The molecule has 0 spiro atoms. The average molecular weight is 437 g/mol. The first-order chi connectivity index (χ1) is 15.3. The number of amides is 2. The maximum Gasteiger partial charge on any atom is 0.338 e. The number of rotatable bonds is 7. The second-order valence-electron chi connectivity index (χ2n) is 8.12. The Labute approximate surface area is 187 Å². The van der Waals surface area contributed by atoms with Crippen LogP contribution in [0.2, 0.25) is 0 Å². The molecule has 1 saturated carbocycles. The molecule has 3 rings (SSSR count). The summed E-state index contributed by atoms with van der Waals surface area (Å²) in [5.74, 6) is -1.11. The number of ether oxygens (including phenoxy) is 1. The van der Waals surface area contributed by atoms with Crippen LogP contribution in [0.15, 0.2) is 42.5 Å². The summed E-state index contributed by atoms with van der Waals surface area (Å²) in [5, 5.41) is 5.14. The van der Waals surface area contributed by atoms with Crippen LogP contribution >= 0.6 is 0 Å². The Kier molecular flexibility index (Phi) is 7.76. The lowest BCUT2D eigenvalue weighted by atomic mass is 9.84. The minimum Gasteiger partial charge on any atom is -0.454 e. The first-order valence-electron chi connectivity index (χ1n) is 10.8. The predicted octanol–water partition coefficient (Wildman–Crippen LogP) is 4.69. The quantitative estimate of drug-likeness (QED) is 0.484. The molecule has 0 aliphatic heterocycles. The Morgan fingerprint density at radius 1 is 0.812 bits per heavy atom. The first-order valence-corrected chi connectivity index (χ1v) is 10.8. The van der Waals surface area contributed by atoms with E-state index in [1.807, 2.05) is 12.1 Å². The Hall–Kier alpha value is -3.48. The molecule has 2 amide bonds. The summed E-state index contributed by atoms with van der Waals surface area (Å²) in [6.45, 7) is 2.27. The summed E-state index contributed by atoms with van der Waals surface area (Å²) in [6.07, 6.45) is 6.15. The summed E-state index contributed by atoms with van der Waals surface area (Å²) in [4.78, 5) is 47.7. The van der Waals surface area contributed by atoms with Crippen LogP contribution in [0.1, 0.15) is 78.1 Å². The molecule has 0 heterocycles. The Bertz CT molecular complexity index is 973. The van der Waals surface area contributed by atoms with E-state index in [1.54, 1.807) is 12.1 Å². The summed E-state index contributed by atoms with van der Waals surface area (Å²) in [5.41, 5.74) is 2.52. The van der Waals surface area contributed by atoms with Gasteiger partial charge in [0, 0.05) is 30.8 Å². The molecule has 7 heteroatoms. The average Bonchev–Trinajstić information content (AvgIpc) is 2.77. The summed E-state index contributed by atoms with van der Waals surface area (Å²) in [6, 6.07) is 11.9. The van der Waals surface area contributed by atoms with Gasteiger partial charge in [-0.3, -0.25) is 14.4 Å². The molecule has 168 valence electrons. The molecule has 1 aliphatic rings. The molecule has 0 bridgehead atoms. The van der Waals surface area contributed by atoms with Gasteiger partial charge in [-0.1, -0.05) is 43.5 Å². The van der Waals surface area contributed by atoms with Gasteiger partial charge >= 0.3 is 5.97 Å². The molecule has 2 aromatic rings. The predicted molar refractivity (Wildman–Crippen MR) is 122 cm³/mol. The molecule has 0 saturated heterocycles. The van der Waals surface area contributed by atoms with Crippen LogP contribution in [-0.4, -0.2) is 30.2 Å². The van der Waals surface area contributed by atoms with Gasteiger partial charge in [0.2, 0.25) is 11.8 Å². The lowest BCUT2D eigenvalue weighted by Crippen LogP contribution is -2.16.